The summed E-state index contributed by atoms with van der Waals surface area (Å²) in [5, 5.41) is 20.5. The van der Waals surface area contributed by atoms with E-state index in [4.69, 9.17) is 28.6 Å². The summed E-state index contributed by atoms with van der Waals surface area (Å²) >= 11 is -0.556. The van der Waals surface area contributed by atoms with E-state index in [0.29, 0.717) is 11.5 Å². The number of aliphatic imine (C=N–C) groups is 2. The Morgan fingerprint density at radius 1 is 0.800 bits per heavy atom. The van der Waals surface area contributed by atoms with Crippen molar-refractivity contribution in [2.45, 2.75) is 59.0 Å². The van der Waals surface area contributed by atoms with Gasteiger partial charge >= 0.3 is 35.6 Å². The number of hydrogen-bond acceptors (Lipinski definition) is 4. The molecule has 160 valence electrons. The normalized spacial score (nSPS) is 18.6. The summed E-state index contributed by atoms with van der Waals surface area (Å²) in [7, 11) is 9.78. The monoisotopic (exact) mass is 482 g/mol. The maximum atomic E-state index is 10.2. The van der Waals surface area contributed by atoms with Crippen LogP contribution in [0.15, 0.2) is 34.3 Å². The second kappa shape index (κ2) is 11.9. The molecule has 1 aliphatic rings. The summed E-state index contributed by atoms with van der Waals surface area (Å²) in [6, 6.07) is 8.04. The van der Waals surface area contributed by atoms with E-state index in [-0.39, 0.29) is 12.1 Å². The quantitative estimate of drug-likeness (QED) is 0.404. The minimum atomic E-state index is -0.556. The van der Waals surface area contributed by atoms with Gasteiger partial charge in [-0.25, -0.2) is 0 Å². The summed E-state index contributed by atoms with van der Waals surface area (Å²) in [6.07, 6.45) is 6.62. The van der Waals surface area contributed by atoms with E-state index in [0.717, 1.165) is 52.6 Å². The summed E-state index contributed by atoms with van der Waals surface area (Å²) in [5.41, 5.74) is 5.46. The zero-order chi connectivity index (χ0) is 22.3. The van der Waals surface area contributed by atoms with Gasteiger partial charge in [-0.3, -0.25) is 9.98 Å². The molecule has 2 N–H and O–H groups in total. The number of aryl methyl sites for hydroxylation is 4. The number of halogens is 2. The third-order valence-corrected chi connectivity index (χ3v) is 5.20. The van der Waals surface area contributed by atoms with Gasteiger partial charge in [0.25, 0.3) is 0 Å². The molecule has 2 aromatic carbocycles. The van der Waals surface area contributed by atoms with Crippen LogP contribution in [0.25, 0.3) is 0 Å². The SMILES string of the molecule is Cc1cc(C)c(O)c(C=N[C@@H]2CCC[C@H]2N=Cc2cc(C)cc(C)c2O)c1.[Cl][Ti][Cl]. The number of aromatic hydroxyl groups is 2. The van der Waals surface area contributed by atoms with Crippen LogP contribution in [0.2, 0.25) is 0 Å². The number of hydrogen-bond donors (Lipinski definition) is 2. The third-order valence-electron chi connectivity index (χ3n) is 5.20. The van der Waals surface area contributed by atoms with Crippen LogP contribution in [0.5, 0.6) is 11.5 Å². The van der Waals surface area contributed by atoms with Gasteiger partial charge in [-0.05, 0) is 81.3 Å². The third kappa shape index (κ3) is 6.85. The van der Waals surface area contributed by atoms with Crippen molar-refractivity contribution in [3.63, 3.8) is 0 Å². The Morgan fingerprint density at radius 2 is 1.17 bits per heavy atom. The first-order chi connectivity index (χ1) is 14.3. The second-order valence-electron chi connectivity index (χ2n) is 7.73. The van der Waals surface area contributed by atoms with Gasteiger partial charge in [0.1, 0.15) is 11.5 Å². The van der Waals surface area contributed by atoms with Crippen molar-refractivity contribution in [1.29, 1.82) is 0 Å². The molecule has 0 aliphatic heterocycles. The molecule has 0 bridgehead atoms. The molecule has 4 nitrogen and oxygen atoms in total. The molecule has 0 heterocycles. The van der Waals surface area contributed by atoms with Crippen LogP contribution in [-0.2, 0) is 17.0 Å². The predicted molar refractivity (Wildman–Crippen MR) is 123 cm³/mol. The Balaban J connectivity index is 0.00000101. The van der Waals surface area contributed by atoms with Crippen LogP contribution in [0.3, 0.4) is 0 Å². The molecule has 3 rings (SSSR count). The van der Waals surface area contributed by atoms with Crippen LogP contribution in [-0.4, -0.2) is 34.7 Å². The molecule has 0 amide bonds. The van der Waals surface area contributed by atoms with E-state index in [9.17, 15) is 10.2 Å². The fourth-order valence-corrected chi connectivity index (χ4v) is 3.80. The average molecular weight is 483 g/mol. The van der Waals surface area contributed by atoms with Gasteiger partial charge in [-0.15, -0.1) is 0 Å². The molecule has 0 saturated heterocycles. The van der Waals surface area contributed by atoms with Crippen molar-refractivity contribution in [1.82, 2.24) is 0 Å². The predicted octanol–water partition coefficient (Wildman–Crippen LogP) is 6.17. The van der Waals surface area contributed by atoms with Crippen molar-refractivity contribution in [2.24, 2.45) is 9.98 Å². The van der Waals surface area contributed by atoms with Gasteiger partial charge < -0.3 is 10.2 Å². The summed E-state index contributed by atoms with van der Waals surface area (Å²) < 4.78 is 0. The van der Waals surface area contributed by atoms with E-state index >= 15 is 0 Å². The molecule has 1 fully saturated rings. The molecule has 0 radical (unpaired) electrons. The van der Waals surface area contributed by atoms with Crippen molar-refractivity contribution in [3.05, 3.63) is 57.6 Å². The fourth-order valence-electron chi connectivity index (χ4n) is 3.80. The van der Waals surface area contributed by atoms with Crippen LogP contribution in [0, 0.1) is 27.7 Å². The first-order valence-corrected chi connectivity index (χ1v) is 14.2. The first kappa shape index (κ1) is 24.9. The topological polar surface area (TPSA) is 65.2 Å². The van der Waals surface area contributed by atoms with Crippen LogP contribution >= 0.6 is 18.6 Å². The molecule has 30 heavy (non-hydrogen) atoms. The number of benzene rings is 2. The van der Waals surface area contributed by atoms with E-state index in [1.807, 2.05) is 52.0 Å². The van der Waals surface area contributed by atoms with Gasteiger partial charge in [0.15, 0.2) is 0 Å². The van der Waals surface area contributed by atoms with Crippen molar-refractivity contribution in [2.75, 3.05) is 0 Å². The maximum absolute atomic E-state index is 10.2. The molecule has 0 spiro atoms. The van der Waals surface area contributed by atoms with Gasteiger partial charge in [0, 0.05) is 23.6 Å². The molecule has 2 aromatic rings. The van der Waals surface area contributed by atoms with Crippen molar-refractivity contribution < 1.29 is 27.2 Å². The molecule has 7 heteroatoms. The molecule has 2 atom stereocenters. The average Bonchev–Trinajstić information content (AvgIpc) is 3.13. The van der Waals surface area contributed by atoms with Gasteiger partial charge in [-0.2, -0.15) is 0 Å². The zero-order valence-electron chi connectivity index (χ0n) is 17.8. The fraction of sp³-hybridized carbons (Fsp3) is 0.391. The second-order valence-corrected chi connectivity index (χ2v) is 10.3. The van der Waals surface area contributed by atoms with Crippen LogP contribution in [0.4, 0.5) is 0 Å². The van der Waals surface area contributed by atoms with E-state index < -0.39 is 17.0 Å². The number of phenolic OH excluding ortho intramolecular Hbond substituents is 2. The Hall–Kier alpha value is -1.33. The Labute approximate surface area is 195 Å². The molecule has 0 aromatic heterocycles. The summed E-state index contributed by atoms with van der Waals surface area (Å²) in [4.78, 5) is 9.45. The summed E-state index contributed by atoms with van der Waals surface area (Å²) in [5.74, 6) is 0.588. The minimum absolute atomic E-state index is 0.106. The van der Waals surface area contributed by atoms with Crippen molar-refractivity contribution >= 4 is 31.0 Å². The number of phenols is 2. The molecular weight excluding hydrogens is 455 g/mol. The first-order valence-electron chi connectivity index (χ1n) is 9.89. The van der Waals surface area contributed by atoms with E-state index in [1.165, 1.54) is 0 Å². The Kier molecular flexibility index (Phi) is 9.89. The molecule has 0 unspecified atom stereocenters. The van der Waals surface area contributed by atoms with Crippen molar-refractivity contribution in [3.8, 4) is 11.5 Å². The van der Waals surface area contributed by atoms with Gasteiger partial charge in [-0.1, -0.05) is 12.1 Å². The van der Waals surface area contributed by atoms with Crippen LogP contribution < -0.4 is 0 Å². The van der Waals surface area contributed by atoms with E-state index in [1.54, 1.807) is 12.4 Å². The van der Waals surface area contributed by atoms with Gasteiger partial charge in [0.05, 0.1) is 12.1 Å². The van der Waals surface area contributed by atoms with E-state index in [2.05, 4.69) is 0 Å². The molecule has 1 saturated carbocycles. The van der Waals surface area contributed by atoms with Crippen LogP contribution in [0.1, 0.15) is 52.6 Å². The standard InChI is InChI=1S/C23H28N2O2.2ClH.Ti/c1-14-8-16(3)22(26)18(10-14)12-24-20-6-5-7-21(20)25-13-19-11-15(2)9-17(4)23(19)27;;;/h8-13,20-21,26-27H,5-7H2,1-4H3;2*1H;/q;;;+2/p-2/t20-,21-;;;/m1.../s1. The van der Waals surface area contributed by atoms with Gasteiger partial charge in [0.2, 0.25) is 0 Å². The summed E-state index contributed by atoms with van der Waals surface area (Å²) in [6.45, 7) is 7.84. The molecular formula is C23H28Cl2N2O2Ti. The number of nitrogens with zero attached hydrogens (tertiary/aromatic N) is 2. The Bertz CT molecular complexity index is 858. The Morgan fingerprint density at radius 3 is 1.53 bits per heavy atom. The molecule has 1 aliphatic carbocycles. The zero-order valence-corrected chi connectivity index (χ0v) is 20.9. The number of rotatable bonds is 4.